The van der Waals surface area contributed by atoms with Crippen LogP contribution in [0.15, 0.2) is 0 Å². The fourth-order valence-corrected chi connectivity index (χ4v) is 1.63. The number of nitrogens with one attached hydrogen (secondary N) is 1. The van der Waals surface area contributed by atoms with Crippen LogP contribution in [-0.4, -0.2) is 23.6 Å². The molecule has 3 nitrogen and oxygen atoms in total. The minimum Gasteiger partial charge on any atom is -0.450 e. The number of carbonyl (C=O) groups excluding carboxylic acids is 1. The molecular formula is C12H24BrNO2. The molecule has 0 heterocycles. The van der Waals surface area contributed by atoms with Crippen LogP contribution in [-0.2, 0) is 4.74 Å². The molecule has 0 atom stereocenters. The molecule has 96 valence electrons. The van der Waals surface area contributed by atoms with Gasteiger partial charge >= 0.3 is 6.09 Å². The number of rotatable bonds is 7. The molecule has 0 saturated carbocycles. The molecule has 0 aromatic rings. The summed E-state index contributed by atoms with van der Waals surface area (Å²) < 4.78 is 5.07. The smallest absolute Gasteiger partial charge is 0.407 e. The van der Waals surface area contributed by atoms with Crippen LogP contribution in [0.25, 0.3) is 0 Å². The van der Waals surface area contributed by atoms with E-state index in [0.717, 1.165) is 18.2 Å². The van der Waals surface area contributed by atoms with Crippen LogP contribution in [0.1, 0.15) is 52.9 Å². The van der Waals surface area contributed by atoms with Crippen molar-refractivity contribution in [3.63, 3.8) is 0 Å². The number of alkyl halides is 1. The first kappa shape index (κ1) is 15.8. The lowest BCUT2D eigenvalue weighted by atomic mass is 10.1. The van der Waals surface area contributed by atoms with Gasteiger partial charge in [-0.1, -0.05) is 35.2 Å². The highest BCUT2D eigenvalue weighted by molar-refractivity contribution is 9.09. The molecule has 0 bridgehead atoms. The van der Waals surface area contributed by atoms with E-state index >= 15 is 0 Å². The van der Waals surface area contributed by atoms with E-state index in [4.69, 9.17) is 4.74 Å². The van der Waals surface area contributed by atoms with Crippen molar-refractivity contribution in [1.29, 1.82) is 0 Å². The first-order chi connectivity index (χ1) is 7.45. The van der Waals surface area contributed by atoms with Crippen LogP contribution in [0.2, 0.25) is 0 Å². The molecule has 0 aromatic heterocycles. The Balaban J connectivity index is 3.28. The minimum atomic E-state index is -0.312. The molecule has 4 heteroatoms. The predicted molar refractivity (Wildman–Crippen MR) is 71.1 cm³/mol. The Bertz CT molecular complexity index is 190. The summed E-state index contributed by atoms with van der Waals surface area (Å²) in [5.41, 5.74) is -0.215. The summed E-state index contributed by atoms with van der Waals surface area (Å²) in [7, 11) is 0. The molecule has 0 spiro atoms. The molecule has 0 rings (SSSR count). The number of hydrogen-bond acceptors (Lipinski definition) is 2. The van der Waals surface area contributed by atoms with Gasteiger partial charge < -0.3 is 10.1 Å². The van der Waals surface area contributed by atoms with Gasteiger partial charge in [0.15, 0.2) is 0 Å². The van der Waals surface area contributed by atoms with Crippen molar-refractivity contribution in [2.45, 2.75) is 58.4 Å². The van der Waals surface area contributed by atoms with Crippen molar-refractivity contribution in [2.75, 3.05) is 11.9 Å². The van der Waals surface area contributed by atoms with E-state index in [1.54, 1.807) is 0 Å². The normalized spacial score (nSPS) is 11.2. The van der Waals surface area contributed by atoms with Crippen molar-refractivity contribution in [1.82, 2.24) is 5.32 Å². The number of halogens is 1. The van der Waals surface area contributed by atoms with E-state index in [2.05, 4.69) is 21.2 Å². The molecule has 0 radical (unpaired) electrons. The van der Waals surface area contributed by atoms with Crippen LogP contribution in [0.4, 0.5) is 4.79 Å². The van der Waals surface area contributed by atoms with Gasteiger partial charge in [0.25, 0.3) is 0 Å². The first-order valence-corrected chi connectivity index (χ1v) is 7.09. The molecule has 0 fully saturated rings. The highest BCUT2D eigenvalue weighted by Crippen LogP contribution is 2.05. The number of alkyl carbamates (subject to hydrolysis) is 1. The molecule has 1 N–H and O–H groups in total. The summed E-state index contributed by atoms with van der Waals surface area (Å²) in [6.45, 7) is 6.34. The SMILES string of the molecule is CC(C)(C)NC(=O)OCCCCCCCBr. The average Bonchev–Trinajstić information content (AvgIpc) is 2.13. The standard InChI is InChI=1S/C12H24BrNO2/c1-12(2,3)14-11(15)16-10-8-6-4-5-7-9-13/h4-10H2,1-3H3,(H,14,15). The van der Waals surface area contributed by atoms with Crippen molar-refractivity contribution in [3.05, 3.63) is 0 Å². The van der Waals surface area contributed by atoms with Crippen molar-refractivity contribution in [3.8, 4) is 0 Å². The third kappa shape index (κ3) is 11.8. The summed E-state index contributed by atoms with van der Waals surface area (Å²) in [4.78, 5) is 11.3. The maximum Gasteiger partial charge on any atom is 0.407 e. The quantitative estimate of drug-likeness (QED) is 0.572. The maximum absolute atomic E-state index is 11.3. The second kappa shape index (κ2) is 8.85. The highest BCUT2D eigenvalue weighted by atomic mass is 79.9. The fourth-order valence-electron chi connectivity index (χ4n) is 1.23. The van der Waals surface area contributed by atoms with Gasteiger partial charge in [-0.15, -0.1) is 0 Å². The van der Waals surface area contributed by atoms with Crippen molar-refractivity contribution >= 4 is 22.0 Å². The molecule has 16 heavy (non-hydrogen) atoms. The number of unbranched alkanes of at least 4 members (excludes halogenated alkanes) is 4. The summed E-state index contributed by atoms with van der Waals surface area (Å²) >= 11 is 3.40. The Morgan fingerprint density at radius 3 is 2.25 bits per heavy atom. The van der Waals surface area contributed by atoms with E-state index in [1.165, 1.54) is 19.3 Å². The minimum absolute atomic E-state index is 0.215. The zero-order chi connectivity index (χ0) is 12.4. The Morgan fingerprint density at radius 1 is 1.12 bits per heavy atom. The Hall–Kier alpha value is -0.250. The number of ether oxygens (including phenoxy) is 1. The number of amides is 1. The Kier molecular flexibility index (Phi) is 8.71. The zero-order valence-electron chi connectivity index (χ0n) is 10.6. The second-order valence-electron chi connectivity index (χ2n) is 4.97. The van der Waals surface area contributed by atoms with Crippen LogP contribution in [0.5, 0.6) is 0 Å². The monoisotopic (exact) mass is 293 g/mol. The van der Waals surface area contributed by atoms with Crippen LogP contribution in [0.3, 0.4) is 0 Å². The second-order valence-corrected chi connectivity index (χ2v) is 5.76. The van der Waals surface area contributed by atoms with Crippen molar-refractivity contribution in [2.24, 2.45) is 0 Å². The molecule has 0 aromatic carbocycles. The van der Waals surface area contributed by atoms with E-state index in [9.17, 15) is 4.79 Å². The lowest BCUT2D eigenvalue weighted by molar-refractivity contribution is 0.135. The maximum atomic E-state index is 11.3. The number of hydrogen-bond donors (Lipinski definition) is 1. The van der Waals surface area contributed by atoms with Crippen molar-refractivity contribution < 1.29 is 9.53 Å². The van der Waals surface area contributed by atoms with Gasteiger partial charge in [0.2, 0.25) is 0 Å². The van der Waals surface area contributed by atoms with E-state index in [-0.39, 0.29) is 11.6 Å². The summed E-state index contributed by atoms with van der Waals surface area (Å²) in [6, 6.07) is 0. The van der Waals surface area contributed by atoms with E-state index in [1.807, 2.05) is 20.8 Å². The third-order valence-corrected chi connectivity index (χ3v) is 2.55. The zero-order valence-corrected chi connectivity index (χ0v) is 12.2. The summed E-state index contributed by atoms with van der Waals surface area (Å²) in [5, 5.41) is 3.84. The summed E-state index contributed by atoms with van der Waals surface area (Å²) in [5.74, 6) is 0. The lowest BCUT2D eigenvalue weighted by Gasteiger charge is -2.19. The Morgan fingerprint density at radius 2 is 1.69 bits per heavy atom. The molecule has 0 unspecified atom stereocenters. The third-order valence-electron chi connectivity index (χ3n) is 1.99. The molecule has 0 saturated heterocycles. The van der Waals surface area contributed by atoms with Crippen LogP contribution in [0, 0.1) is 0 Å². The van der Waals surface area contributed by atoms with Gasteiger partial charge in [-0.3, -0.25) is 0 Å². The molecule has 1 amide bonds. The average molecular weight is 294 g/mol. The molecule has 0 aliphatic carbocycles. The van der Waals surface area contributed by atoms with Gasteiger partial charge in [0.1, 0.15) is 0 Å². The number of carbonyl (C=O) groups is 1. The molecule has 0 aliphatic rings. The Labute approximate surface area is 107 Å². The van der Waals surface area contributed by atoms with E-state index < -0.39 is 0 Å². The largest absolute Gasteiger partial charge is 0.450 e. The van der Waals surface area contributed by atoms with Gasteiger partial charge in [0.05, 0.1) is 6.61 Å². The molecular weight excluding hydrogens is 270 g/mol. The predicted octanol–water partition coefficient (Wildman–Crippen LogP) is 3.86. The van der Waals surface area contributed by atoms with Crippen LogP contribution < -0.4 is 5.32 Å². The molecule has 0 aliphatic heterocycles. The first-order valence-electron chi connectivity index (χ1n) is 5.96. The van der Waals surface area contributed by atoms with Crippen LogP contribution >= 0.6 is 15.9 Å². The van der Waals surface area contributed by atoms with E-state index in [0.29, 0.717) is 6.61 Å². The van der Waals surface area contributed by atoms with Gasteiger partial charge in [-0.25, -0.2) is 4.79 Å². The summed E-state index contributed by atoms with van der Waals surface area (Å²) in [6.07, 6.45) is 5.48. The van der Waals surface area contributed by atoms with Gasteiger partial charge in [-0.05, 0) is 33.6 Å². The highest BCUT2D eigenvalue weighted by Gasteiger charge is 2.13. The topological polar surface area (TPSA) is 38.3 Å². The fraction of sp³-hybridized carbons (Fsp3) is 0.917. The van der Waals surface area contributed by atoms with Gasteiger partial charge in [-0.2, -0.15) is 0 Å². The van der Waals surface area contributed by atoms with Gasteiger partial charge in [0, 0.05) is 10.9 Å². The lowest BCUT2D eigenvalue weighted by Crippen LogP contribution is -2.41.